The van der Waals surface area contributed by atoms with Gasteiger partial charge in [0.15, 0.2) is 0 Å². The average Bonchev–Trinajstić information content (AvgIpc) is 2.20. The minimum absolute atomic E-state index is 0.371. The molecule has 0 aliphatic heterocycles. The highest BCUT2D eigenvalue weighted by Crippen LogP contribution is 2.29. The van der Waals surface area contributed by atoms with Crippen molar-refractivity contribution in [1.82, 2.24) is 0 Å². The summed E-state index contributed by atoms with van der Waals surface area (Å²) in [5, 5.41) is 1.20. The molecule has 0 atom stereocenters. The molecule has 0 unspecified atom stereocenters. The van der Waals surface area contributed by atoms with Gasteiger partial charge in [0.1, 0.15) is 0 Å². The lowest BCUT2D eigenvalue weighted by molar-refractivity contribution is 0.0600. The first-order chi connectivity index (χ1) is 6.60. The number of benzene rings is 1. The third-order valence-electron chi connectivity index (χ3n) is 1.67. The second kappa shape index (κ2) is 5.14. The molecule has 0 amide bonds. The van der Waals surface area contributed by atoms with Gasteiger partial charge in [-0.2, -0.15) is 0 Å². The fourth-order valence-corrected chi connectivity index (χ4v) is 2.26. The van der Waals surface area contributed by atoms with Gasteiger partial charge in [0.25, 0.3) is 0 Å². The van der Waals surface area contributed by atoms with Crippen LogP contribution in [0.2, 0.25) is 5.02 Å². The van der Waals surface area contributed by atoms with Gasteiger partial charge in [-0.15, -0.1) is 0 Å². The molecule has 0 saturated carbocycles. The Labute approximate surface area is 104 Å². The lowest BCUT2D eigenvalue weighted by Gasteiger charge is -2.06. The highest BCUT2D eigenvalue weighted by molar-refractivity contribution is 9.10. The lowest BCUT2D eigenvalue weighted by atomic mass is 10.1. The quantitative estimate of drug-likeness (QED) is 0.604. The molecule has 2 nitrogen and oxygen atoms in total. The maximum Gasteiger partial charge on any atom is 0.337 e. The maximum atomic E-state index is 11.2. The number of hydrogen-bond donors (Lipinski definition) is 0. The number of esters is 1. The van der Waals surface area contributed by atoms with Gasteiger partial charge in [0, 0.05) is 9.80 Å². The Morgan fingerprint density at radius 3 is 2.71 bits per heavy atom. The fourth-order valence-electron chi connectivity index (χ4n) is 0.979. The topological polar surface area (TPSA) is 26.3 Å². The predicted octanol–water partition coefficient (Wildman–Crippen LogP) is 3.78. The standard InChI is InChI=1S/C9H7Br2ClO2/c1-14-9(13)5-2-6(4-10)8(12)7(11)3-5/h2-3H,4H2,1H3. The van der Waals surface area contributed by atoms with Crippen LogP contribution in [0, 0.1) is 0 Å². The largest absolute Gasteiger partial charge is 0.465 e. The van der Waals surface area contributed by atoms with Crippen LogP contribution in [-0.4, -0.2) is 13.1 Å². The predicted molar refractivity (Wildman–Crippen MR) is 63.1 cm³/mol. The minimum Gasteiger partial charge on any atom is -0.465 e. The summed E-state index contributed by atoms with van der Waals surface area (Å²) in [6.45, 7) is 0. The number of carbonyl (C=O) groups is 1. The third-order valence-corrected chi connectivity index (χ3v) is 3.57. The molecule has 0 bridgehead atoms. The van der Waals surface area contributed by atoms with E-state index in [-0.39, 0.29) is 5.97 Å². The van der Waals surface area contributed by atoms with Crippen LogP contribution in [0.5, 0.6) is 0 Å². The molecule has 0 saturated heterocycles. The normalized spacial score (nSPS) is 10.0. The molecule has 76 valence electrons. The SMILES string of the molecule is COC(=O)c1cc(Br)c(Cl)c(CBr)c1. The average molecular weight is 342 g/mol. The molecule has 14 heavy (non-hydrogen) atoms. The van der Waals surface area contributed by atoms with E-state index < -0.39 is 0 Å². The molecule has 0 fully saturated rings. The second-order valence-electron chi connectivity index (χ2n) is 2.56. The second-order valence-corrected chi connectivity index (χ2v) is 4.35. The molecule has 0 N–H and O–H groups in total. The van der Waals surface area contributed by atoms with Crippen LogP contribution in [0.1, 0.15) is 15.9 Å². The molecule has 5 heteroatoms. The van der Waals surface area contributed by atoms with Crippen LogP contribution in [0.25, 0.3) is 0 Å². The van der Waals surface area contributed by atoms with Gasteiger partial charge < -0.3 is 4.74 Å². The summed E-state index contributed by atoms with van der Waals surface area (Å²) in [5.41, 5.74) is 1.33. The number of rotatable bonds is 2. The van der Waals surface area contributed by atoms with Crippen molar-refractivity contribution in [3.63, 3.8) is 0 Å². The molecule has 0 spiro atoms. The first-order valence-electron chi connectivity index (χ1n) is 3.72. The molecule has 0 aliphatic rings. The van der Waals surface area contributed by atoms with E-state index in [1.54, 1.807) is 12.1 Å². The molecule has 0 radical (unpaired) electrons. The first-order valence-corrected chi connectivity index (χ1v) is 6.01. The van der Waals surface area contributed by atoms with Gasteiger partial charge in [-0.25, -0.2) is 4.79 Å². The van der Waals surface area contributed by atoms with E-state index in [0.29, 0.717) is 20.4 Å². The van der Waals surface area contributed by atoms with E-state index >= 15 is 0 Å². The molecule has 1 aromatic carbocycles. The summed E-state index contributed by atoms with van der Waals surface area (Å²) < 4.78 is 5.30. The Morgan fingerprint density at radius 1 is 1.57 bits per heavy atom. The van der Waals surface area contributed by atoms with Crippen molar-refractivity contribution in [2.45, 2.75) is 5.33 Å². The summed E-state index contributed by atoms with van der Waals surface area (Å²) in [5.74, 6) is -0.371. The van der Waals surface area contributed by atoms with E-state index in [9.17, 15) is 4.79 Å². The highest BCUT2D eigenvalue weighted by atomic mass is 79.9. The Bertz CT molecular complexity index is 366. The van der Waals surface area contributed by atoms with Crippen LogP contribution in [0.15, 0.2) is 16.6 Å². The maximum absolute atomic E-state index is 11.2. The zero-order valence-electron chi connectivity index (χ0n) is 7.31. The summed E-state index contributed by atoms with van der Waals surface area (Å²) >= 11 is 12.5. The van der Waals surface area contributed by atoms with Gasteiger partial charge in [-0.1, -0.05) is 27.5 Å². The number of hydrogen-bond acceptors (Lipinski definition) is 2. The number of halogens is 3. The molecule has 0 aliphatic carbocycles. The molecular formula is C9H7Br2ClO2. The molecular weight excluding hydrogens is 335 g/mol. The van der Waals surface area contributed by atoms with E-state index in [0.717, 1.165) is 5.56 Å². The summed E-state index contributed by atoms with van der Waals surface area (Å²) in [6.07, 6.45) is 0. The van der Waals surface area contributed by atoms with Crippen molar-refractivity contribution in [2.24, 2.45) is 0 Å². The molecule has 1 rings (SSSR count). The minimum atomic E-state index is -0.371. The molecule has 1 aromatic rings. The Morgan fingerprint density at radius 2 is 2.21 bits per heavy atom. The Hall–Kier alpha value is -0.0600. The zero-order valence-corrected chi connectivity index (χ0v) is 11.2. The number of methoxy groups -OCH3 is 1. The summed E-state index contributed by atoms with van der Waals surface area (Å²) in [4.78, 5) is 11.2. The van der Waals surface area contributed by atoms with Gasteiger partial charge in [0.05, 0.1) is 17.7 Å². The van der Waals surface area contributed by atoms with Crippen LogP contribution in [-0.2, 0) is 10.1 Å². The number of carbonyl (C=O) groups excluding carboxylic acids is 1. The van der Waals surface area contributed by atoms with Crippen molar-refractivity contribution in [3.05, 3.63) is 32.8 Å². The zero-order chi connectivity index (χ0) is 10.7. The smallest absolute Gasteiger partial charge is 0.337 e. The van der Waals surface area contributed by atoms with Crippen molar-refractivity contribution in [2.75, 3.05) is 7.11 Å². The van der Waals surface area contributed by atoms with Crippen molar-refractivity contribution >= 4 is 49.4 Å². The molecule has 0 aromatic heterocycles. The van der Waals surface area contributed by atoms with Crippen molar-refractivity contribution in [3.8, 4) is 0 Å². The van der Waals surface area contributed by atoms with Crippen LogP contribution < -0.4 is 0 Å². The Kier molecular flexibility index (Phi) is 4.41. The van der Waals surface area contributed by atoms with Gasteiger partial charge in [-0.05, 0) is 33.6 Å². The summed E-state index contributed by atoms with van der Waals surface area (Å²) in [6, 6.07) is 3.34. The van der Waals surface area contributed by atoms with Gasteiger partial charge in [-0.3, -0.25) is 0 Å². The van der Waals surface area contributed by atoms with Crippen molar-refractivity contribution in [1.29, 1.82) is 0 Å². The highest BCUT2D eigenvalue weighted by Gasteiger charge is 2.11. The Balaban J connectivity index is 3.22. The molecule has 0 heterocycles. The van der Waals surface area contributed by atoms with E-state index in [4.69, 9.17) is 11.6 Å². The van der Waals surface area contributed by atoms with Crippen molar-refractivity contribution < 1.29 is 9.53 Å². The van der Waals surface area contributed by atoms with Crippen LogP contribution >= 0.6 is 43.5 Å². The van der Waals surface area contributed by atoms with E-state index in [2.05, 4.69) is 36.6 Å². The number of ether oxygens (including phenoxy) is 1. The monoisotopic (exact) mass is 340 g/mol. The fraction of sp³-hybridized carbons (Fsp3) is 0.222. The number of alkyl halides is 1. The van der Waals surface area contributed by atoms with E-state index in [1.165, 1.54) is 7.11 Å². The lowest BCUT2D eigenvalue weighted by Crippen LogP contribution is -2.02. The van der Waals surface area contributed by atoms with Crippen LogP contribution in [0.4, 0.5) is 0 Å². The first kappa shape index (κ1) is 12.0. The third kappa shape index (κ3) is 2.49. The van der Waals surface area contributed by atoms with E-state index in [1.807, 2.05) is 0 Å². The van der Waals surface area contributed by atoms with Crippen LogP contribution in [0.3, 0.4) is 0 Å². The van der Waals surface area contributed by atoms with Gasteiger partial charge in [0.2, 0.25) is 0 Å². The van der Waals surface area contributed by atoms with Gasteiger partial charge >= 0.3 is 5.97 Å². The summed E-state index contributed by atoms with van der Waals surface area (Å²) in [7, 11) is 1.35.